The van der Waals surface area contributed by atoms with Gasteiger partial charge < -0.3 is 14.2 Å². The van der Waals surface area contributed by atoms with Gasteiger partial charge in [-0.3, -0.25) is 0 Å². The summed E-state index contributed by atoms with van der Waals surface area (Å²) in [6.07, 6.45) is 9.95. The van der Waals surface area contributed by atoms with Gasteiger partial charge in [-0.25, -0.2) is 0 Å². The van der Waals surface area contributed by atoms with Crippen LogP contribution in [0.5, 0.6) is 0 Å². The Balaban J connectivity index is 1.28. The van der Waals surface area contributed by atoms with E-state index in [2.05, 4.69) is 97.2 Å². The number of unbranched alkanes of at least 4 members (excludes halogenated alkanes) is 3. The number of ether oxygens (including phenoxy) is 1. The van der Waals surface area contributed by atoms with E-state index < -0.39 is 5.60 Å². The minimum atomic E-state index is -0.863. The van der Waals surface area contributed by atoms with Gasteiger partial charge >= 0.3 is 0 Å². The predicted molar refractivity (Wildman–Crippen MR) is 230 cm³/mol. The number of aromatic nitrogens is 1. The van der Waals surface area contributed by atoms with Crippen molar-refractivity contribution in [2.45, 2.75) is 58.5 Å². The number of fused-ring (bicyclic) bond motifs is 7. The van der Waals surface area contributed by atoms with Gasteiger partial charge in [0.15, 0.2) is 11.3 Å². The average molecular weight is 780 g/mol. The van der Waals surface area contributed by atoms with E-state index in [0.29, 0.717) is 5.57 Å². The molecule has 0 amide bonds. The van der Waals surface area contributed by atoms with Crippen LogP contribution >= 0.6 is 45.3 Å². The number of allylic oxidation sites excluding steroid dienone is 2. The first-order valence-electron chi connectivity index (χ1n) is 18.0. The van der Waals surface area contributed by atoms with Crippen molar-refractivity contribution < 1.29 is 4.74 Å². The summed E-state index contributed by atoms with van der Waals surface area (Å²) < 4.78 is 16.3. The maximum Gasteiger partial charge on any atom is 0.172 e. The van der Waals surface area contributed by atoms with Gasteiger partial charge in [-0.15, -0.1) is 45.3 Å². The maximum atomic E-state index is 10.1. The Hall–Kier alpha value is -5.15. The maximum absolute atomic E-state index is 10.1. The highest BCUT2D eigenvalue weighted by molar-refractivity contribution is 7.39. The lowest BCUT2D eigenvalue weighted by atomic mass is 9.94. The molecule has 0 spiro atoms. The zero-order valence-electron chi connectivity index (χ0n) is 30.7. The average Bonchev–Trinajstić information content (AvgIpc) is 3.99. The first-order valence-corrected chi connectivity index (χ1v) is 21.3. The van der Waals surface area contributed by atoms with E-state index in [0.717, 1.165) is 11.3 Å². The molecular formula is C44H37N5OS4. The van der Waals surface area contributed by atoms with E-state index in [9.17, 15) is 15.8 Å². The molecule has 1 aliphatic rings. The molecule has 0 saturated carbocycles. The van der Waals surface area contributed by atoms with Gasteiger partial charge in [-0.2, -0.15) is 15.8 Å². The highest BCUT2D eigenvalue weighted by Crippen LogP contribution is 2.53. The summed E-state index contributed by atoms with van der Waals surface area (Å²) in [7, 11) is 4.14. The zero-order chi connectivity index (χ0) is 37.7. The third-order valence-electron chi connectivity index (χ3n) is 9.99. The van der Waals surface area contributed by atoms with Crippen LogP contribution in [0.2, 0.25) is 0 Å². The fourth-order valence-corrected chi connectivity index (χ4v) is 12.5. The summed E-state index contributed by atoms with van der Waals surface area (Å²) in [5, 5.41) is 29.1. The van der Waals surface area contributed by atoms with Crippen molar-refractivity contribution in [3.8, 4) is 34.3 Å². The van der Waals surface area contributed by atoms with Gasteiger partial charge in [0.05, 0.1) is 29.8 Å². The van der Waals surface area contributed by atoms with Crippen LogP contribution in [0.25, 0.3) is 61.4 Å². The molecule has 54 heavy (non-hydrogen) atoms. The van der Waals surface area contributed by atoms with Gasteiger partial charge in [0.25, 0.3) is 0 Å². The summed E-state index contributed by atoms with van der Waals surface area (Å²) in [4.78, 5) is 4.46. The van der Waals surface area contributed by atoms with Crippen molar-refractivity contribution in [3.05, 3.63) is 99.7 Å². The molecule has 0 fully saturated rings. The smallest absolute Gasteiger partial charge is 0.172 e. The Kier molecular flexibility index (Phi) is 9.46. The summed E-state index contributed by atoms with van der Waals surface area (Å²) in [6.45, 7) is 5.97. The van der Waals surface area contributed by atoms with Crippen molar-refractivity contribution in [2.24, 2.45) is 0 Å². The quantitative estimate of drug-likeness (QED) is 0.102. The van der Waals surface area contributed by atoms with Gasteiger partial charge in [-0.1, -0.05) is 56.5 Å². The van der Waals surface area contributed by atoms with Crippen molar-refractivity contribution in [3.63, 3.8) is 0 Å². The highest BCUT2D eigenvalue weighted by atomic mass is 32.1. The molecule has 1 aliphatic heterocycles. The van der Waals surface area contributed by atoms with Crippen LogP contribution in [0.15, 0.2) is 89.2 Å². The second-order valence-electron chi connectivity index (χ2n) is 14.2. The summed E-state index contributed by atoms with van der Waals surface area (Å²) in [5.74, 6) is 0.0557. The van der Waals surface area contributed by atoms with Crippen LogP contribution in [-0.2, 0) is 11.2 Å². The predicted octanol–water partition coefficient (Wildman–Crippen LogP) is 13.1. The molecule has 10 heteroatoms. The van der Waals surface area contributed by atoms with Crippen molar-refractivity contribution in [2.75, 3.05) is 19.0 Å². The Morgan fingerprint density at radius 2 is 1.52 bits per heavy atom. The molecule has 2 aromatic carbocycles. The summed E-state index contributed by atoms with van der Waals surface area (Å²) in [6, 6.07) is 28.5. The Morgan fingerprint density at radius 1 is 0.815 bits per heavy atom. The lowest BCUT2D eigenvalue weighted by Gasteiger charge is -2.20. The van der Waals surface area contributed by atoms with Gasteiger partial charge in [0, 0.05) is 50.2 Å². The van der Waals surface area contributed by atoms with Crippen molar-refractivity contribution in [1.82, 2.24) is 4.57 Å². The summed E-state index contributed by atoms with van der Waals surface area (Å²) in [5.41, 5.74) is 7.33. The van der Waals surface area contributed by atoms with Gasteiger partial charge in [0.1, 0.15) is 29.4 Å². The van der Waals surface area contributed by atoms with Crippen molar-refractivity contribution >= 4 is 96.3 Å². The molecule has 0 unspecified atom stereocenters. The second kappa shape index (κ2) is 14.3. The Bertz CT molecular complexity index is 2810. The van der Waals surface area contributed by atoms with Gasteiger partial charge in [-0.05, 0) is 80.3 Å². The number of nitrogens with zero attached hydrogens (tertiary/aromatic N) is 5. The number of hydrogen-bond donors (Lipinski definition) is 0. The molecular weight excluding hydrogens is 743 g/mol. The number of nitriles is 3. The molecule has 0 atom stereocenters. The third-order valence-corrected chi connectivity index (χ3v) is 15.0. The van der Waals surface area contributed by atoms with E-state index in [-0.39, 0.29) is 16.9 Å². The largest absolute Gasteiger partial charge is 0.480 e. The second-order valence-corrected chi connectivity index (χ2v) is 18.5. The number of anilines is 1. The summed E-state index contributed by atoms with van der Waals surface area (Å²) >= 11 is 7.36. The standard InChI is InChI=1S/C44H37N5OS4/c1-6-7-8-9-11-26-12-10-13-30(20-26)49-37-40-35(21-31(51-40)18-19-33-32(25-47)39(28(23-45)24-46)50-44(33,2)3)53-42(37)43-38(49)41-36(54-43)22-34(52-41)27-14-16-29(17-15-27)48(4)5/h10,12-22H,6-9,11H2,1-5H3/b19-18+. The number of rotatable bonds is 10. The van der Waals surface area contributed by atoms with E-state index >= 15 is 0 Å². The number of benzene rings is 2. The molecule has 268 valence electrons. The molecule has 5 aromatic heterocycles. The van der Waals surface area contributed by atoms with Crippen LogP contribution in [0.4, 0.5) is 5.69 Å². The fraction of sp³-hybridized carbons (Fsp3) is 0.250. The monoisotopic (exact) mass is 779 g/mol. The fourth-order valence-electron chi connectivity index (χ4n) is 7.26. The minimum absolute atomic E-state index is 0.0557. The Labute approximate surface area is 331 Å². The van der Waals surface area contributed by atoms with Crippen molar-refractivity contribution in [1.29, 1.82) is 15.8 Å². The highest BCUT2D eigenvalue weighted by Gasteiger charge is 2.38. The SMILES string of the molecule is CCCCCCc1cccc(-n2c3c4sc(/C=C/C5=C(C#N)C(=C(C#N)C#N)OC5(C)C)cc4sc3c3sc4cc(-c5ccc(N(C)C)cc5)sc4c32)c1. The topological polar surface area (TPSA) is 88.8 Å². The van der Waals surface area contributed by atoms with Crippen LogP contribution < -0.4 is 4.90 Å². The zero-order valence-corrected chi connectivity index (χ0v) is 34.0. The lowest BCUT2D eigenvalue weighted by molar-refractivity contribution is 0.0954. The molecule has 0 radical (unpaired) electrons. The van der Waals surface area contributed by atoms with E-state index in [1.165, 1.54) is 92.3 Å². The lowest BCUT2D eigenvalue weighted by Crippen LogP contribution is -2.20. The van der Waals surface area contributed by atoms with Crippen LogP contribution in [-0.4, -0.2) is 24.3 Å². The normalized spacial score (nSPS) is 14.1. The molecule has 6 nitrogen and oxygen atoms in total. The number of hydrogen-bond acceptors (Lipinski definition) is 9. The van der Waals surface area contributed by atoms with E-state index in [4.69, 9.17) is 4.74 Å². The van der Waals surface area contributed by atoms with Gasteiger partial charge in [0.2, 0.25) is 0 Å². The van der Waals surface area contributed by atoms with Crippen LogP contribution in [0.1, 0.15) is 56.9 Å². The molecule has 0 bridgehead atoms. The number of thiophene rings is 4. The Morgan fingerprint density at radius 3 is 2.19 bits per heavy atom. The molecule has 0 aliphatic carbocycles. The van der Waals surface area contributed by atoms with E-state index in [1.807, 2.05) is 72.1 Å². The molecule has 0 N–H and O–H groups in total. The minimum Gasteiger partial charge on any atom is -0.480 e. The third kappa shape index (κ3) is 6.12. The number of aryl methyl sites for hydroxylation is 1. The molecule has 8 rings (SSSR count). The van der Waals surface area contributed by atoms with E-state index in [1.54, 1.807) is 11.3 Å². The molecule has 7 aromatic rings. The first kappa shape index (κ1) is 35.9. The van der Waals surface area contributed by atoms with Crippen LogP contribution in [0, 0.1) is 34.0 Å². The first-order chi connectivity index (χ1) is 26.1. The molecule has 6 heterocycles. The molecule has 0 saturated heterocycles. The van der Waals surface area contributed by atoms with Crippen LogP contribution in [0.3, 0.4) is 0 Å².